The molecule has 6 unspecified atom stereocenters. The van der Waals surface area contributed by atoms with E-state index < -0.39 is 23.1 Å². The maximum atomic E-state index is 13.0. The van der Waals surface area contributed by atoms with Crippen LogP contribution in [0.5, 0.6) is 0 Å². The maximum absolute atomic E-state index is 13.0. The van der Waals surface area contributed by atoms with E-state index in [4.69, 9.17) is 19.7 Å². The molecular formula is C31H43NO6. The molecule has 1 aromatic heterocycles. The minimum atomic E-state index is -1.12. The van der Waals surface area contributed by atoms with Crippen molar-refractivity contribution in [1.82, 2.24) is 4.98 Å². The number of H-pyrrole nitrogens is 1. The minimum Gasteiger partial charge on any atom is -0.396 e. The zero-order chi connectivity index (χ0) is 27.5. The molecule has 3 heterocycles. The molecule has 208 valence electrons. The normalized spacial score (nSPS) is 37.5. The summed E-state index contributed by atoms with van der Waals surface area (Å²) in [5, 5.41) is 29.5. The molecule has 38 heavy (non-hydrogen) atoms. The first-order valence-corrected chi connectivity index (χ1v) is 14.3. The first kappa shape index (κ1) is 27.5. The summed E-state index contributed by atoms with van der Waals surface area (Å²) in [5.41, 5.74) is 2.36. The quantitative estimate of drug-likeness (QED) is 0.458. The van der Waals surface area contributed by atoms with Gasteiger partial charge in [-0.25, -0.2) is 0 Å². The Kier molecular flexibility index (Phi) is 6.93. The number of hydrogen-bond acceptors (Lipinski definition) is 6. The number of ketones is 1. The van der Waals surface area contributed by atoms with Gasteiger partial charge in [-0.3, -0.25) is 4.79 Å². The molecule has 0 radical (unpaired) electrons. The predicted octanol–water partition coefficient (Wildman–Crippen LogP) is 4.54. The van der Waals surface area contributed by atoms with Crippen LogP contribution in [-0.4, -0.2) is 62.4 Å². The van der Waals surface area contributed by atoms with Crippen LogP contribution >= 0.6 is 0 Å². The van der Waals surface area contributed by atoms with Crippen molar-refractivity contribution in [2.45, 2.75) is 102 Å². The molecule has 2 bridgehead atoms. The summed E-state index contributed by atoms with van der Waals surface area (Å²) in [7, 11) is 0. The zero-order valence-electron chi connectivity index (χ0n) is 23.3. The molecule has 7 rings (SSSR count). The van der Waals surface area contributed by atoms with E-state index in [1.807, 2.05) is 27.7 Å². The second kappa shape index (κ2) is 9.56. The topological polar surface area (TPSA) is 112 Å². The summed E-state index contributed by atoms with van der Waals surface area (Å²) in [4.78, 5) is 16.7. The summed E-state index contributed by atoms with van der Waals surface area (Å²) >= 11 is 0. The molecule has 5 aliphatic rings. The van der Waals surface area contributed by atoms with Gasteiger partial charge in [-0.1, -0.05) is 39.0 Å². The van der Waals surface area contributed by atoms with Crippen LogP contribution in [0.4, 0.5) is 0 Å². The number of aromatic amines is 1. The van der Waals surface area contributed by atoms with Gasteiger partial charge in [-0.05, 0) is 69.6 Å². The van der Waals surface area contributed by atoms with E-state index in [1.54, 1.807) is 6.08 Å². The Morgan fingerprint density at radius 3 is 2.45 bits per heavy atom. The highest BCUT2D eigenvalue weighted by atomic mass is 16.8. The summed E-state index contributed by atoms with van der Waals surface area (Å²) in [5.74, 6) is -0.301. The summed E-state index contributed by atoms with van der Waals surface area (Å²) in [6.07, 6.45) is 5.69. The van der Waals surface area contributed by atoms with Crippen molar-refractivity contribution >= 4 is 16.7 Å². The summed E-state index contributed by atoms with van der Waals surface area (Å²) < 4.78 is 12.7. The highest BCUT2D eigenvalue weighted by molar-refractivity contribution is 5.97. The van der Waals surface area contributed by atoms with E-state index >= 15 is 0 Å². The number of aromatic nitrogens is 1. The van der Waals surface area contributed by atoms with Crippen molar-refractivity contribution < 1.29 is 29.6 Å². The molecule has 3 fully saturated rings. The van der Waals surface area contributed by atoms with Crippen molar-refractivity contribution in [2.24, 2.45) is 11.3 Å². The number of carbonyl (C=O) groups is 1. The van der Waals surface area contributed by atoms with Crippen LogP contribution in [0.2, 0.25) is 0 Å². The number of ether oxygens (including phenoxy) is 2. The molecule has 7 heteroatoms. The van der Waals surface area contributed by atoms with E-state index in [1.165, 1.54) is 22.2 Å². The molecule has 4 N–H and O–H groups in total. The SMILES string of the molecule is CC.CC1(C)OC23CCC4(C)C5c6[nH]c7ccccc7c6CC5CCC4(O)C2=CC(=O)C1O3.OCCCO. The van der Waals surface area contributed by atoms with Crippen LogP contribution in [0.25, 0.3) is 10.9 Å². The molecule has 1 spiro atoms. The standard InChI is InChI=1S/C26H29NO4.C3H8O2.C2H6/c1-23(2)22-18(28)13-19-25(29)9-8-14-12-16-15-6-4-5-7-17(15)27-21(16)20(14)24(25,3)10-11-26(19,30-22)31-23;4-2-1-3-5;1-2/h4-7,13-14,20,22,27,29H,8-12H2,1-3H3;4-5H,1-3H2;1-2H3. The van der Waals surface area contributed by atoms with Gasteiger partial charge in [0, 0.05) is 53.1 Å². The Hall–Kier alpha value is -2.03. The number of aliphatic hydroxyl groups excluding tert-OH is 2. The number of fused-ring (bicyclic) bond motifs is 9. The van der Waals surface area contributed by atoms with Crippen molar-refractivity contribution in [3.05, 3.63) is 47.2 Å². The molecule has 2 aromatic rings. The summed E-state index contributed by atoms with van der Waals surface area (Å²) in [6, 6.07) is 8.52. The minimum absolute atomic E-state index is 0.0781. The molecular weight excluding hydrogens is 482 g/mol. The van der Waals surface area contributed by atoms with Gasteiger partial charge in [0.15, 0.2) is 17.7 Å². The number of hydrogen-bond donors (Lipinski definition) is 4. The molecule has 7 nitrogen and oxygen atoms in total. The van der Waals surface area contributed by atoms with Crippen LogP contribution in [-0.2, 0) is 20.7 Å². The Morgan fingerprint density at radius 2 is 1.76 bits per heavy atom. The van der Waals surface area contributed by atoms with Gasteiger partial charge in [-0.15, -0.1) is 0 Å². The maximum Gasteiger partial charge on any atom is 0.195 e. The Labute approximate surface area is 225 Å². The Balaban J connectivity index is 0.000000380. The van der Waals surface area contributed by atoms with Crippen molar-refractivity contribution in [3.63, 3.8) is 0 Å². The fraction of sp³-hybridized carbons (Fsp3) is 0.645. The molecule has 6 atom stereocenters. The summed E-state index contributed by atoms with van der Waals surface area (Å²) in [6.45, 7) is 10.3. The number of para-hydroxylation sites is 1. The van der Waals surface area contributed by atoms with Crippen LogP contribution in [0.1, 0.15) is 83.9 Å². The average Bonchev–Trinajstić information content (AvgIpc) is 3.51. The number of benzene rings is 1. The van der Waals surface area contributed by atoms with Crippen LogP contribution in [0.3, 0.4) is 0 Å². The van der Waals surface area contributed by atoms with Gasteiger partial charge in [0.2, 0.25) is 0 Å². The van der Waals surface area contributed by atoms with E-state index in [-0.39, 0.29) is 30.3 Å². The average molecular weight is 526 g/mol. The number of nitrogens with one attached hydrogen (secondary N) is 1. The van der Waals surface area contributed by atoms with Crippen LogP contribution < -0.4 is 0 Å². The molecule has 0 amide bonds. The van der Waals surface area contributed by atoms with Crippen molar-refractivity contribution in [1.29, 1.82) is 0 Å². The Morgan fingerprint density at radius 1 is 1.05 bits per heavy atom. The van der Waals surface area contributed by atoms with Gasteiger partial charge in [0.25, 0.3) is 0 Å². The van der Waals surface area contributed by atoms with E-state index in [9.17, 15) is 9.90 Å². The molecule has 2 saturated carbocycles. The molecule has 2 aliphatic heterocycles. The smallest absolute Gasteiger partial charge is 0.195 e. The lowest BCUT2D eigenvalue weighted by Crippen LogP contribution is -2.64. The van der Waals surface area contributed by atoms with Gasteiger partial charge in [-0.2, -0.15) is 0 Å². The number of rotatable bonds is 2. The van der Waals surface area contributed by atoms with E-state index in [2.05, 4.69) is 36.2 Å². The highest BCUT2D eigenvalue weighted by Gasteiger charge is 2.72. The molecule has 3 aliphatic carbocycles. The third-order valence-electron chi connectivity index (χ3n) is 9.66. The second-order valence-corrected chi connectivity index (χ2v) is 12.0. The van der Waals surface area contributed by atoms with Gasteiger partial charge in [0.1, 0.15) is 5.60 Å². The number of aliphatic hydroxyl groups is 3. The van der Waals surface area contributed by atoms with Gasteiger partial charge < -0.3 is 29.8 Å². The zero-order valence-corrected chi connectivity index (χ0v) is 23.3. The van der Waals surface area contributed by atoms with Gasteiger partial charge in [0.05, 0.1) is 5.60 Å². The predicted molar refractivity (Wildman–Crippen MR) is 146 cm³/mol. The molecule has 1 saturated heterocycles. The monoisotopic (exact) mass is 525 g/mol. The first-order valence-electron chi connectivity index (χ1n) is 14.3. The lowest BCUT2D eigenvalue weighted by atomic mass is 9.48. The fourth-order valence-electron chi connectivity index (χ4n) is 8.03. The Bertz CT molecular complexity index is 1250. The lowest BCUT2D eigenvalue weighted by Gasteiger charge is -2.61. The van der Waals surface area contributed by atoms with Crippen molar-refractivity contribution in [2.75, 3.05) is 13.2 Å². The second-order valence-electron chi connectivity index (χ2n) is 12.0. The molecule has 1 aromatic carbocycles. The first-order chi connectivity index (χ1) is 18.1. The van der Waals surface area contributed by atoms with E-state index in [0.717, 1.165) is 19.3 Å². The highest BCUT2D eigenvalue weighted by Crippen LogP contribution is 2.69. The van der Waals surface area contributed by atoms with Crippen molar-refractivity contribution in [3.8, 4) is 0 Å². The fourth-order valence-corrected chi connectivity index (χ4v) is 8.03. The largest absolute Gasteiger partial charge is 0.396 e. The number of carbonyl (C=O) groups excluding carboxylic acids is 1. The van der Waals surface area contributed by atoms with Crippen LogP contribution in [0.15, 0.2) is 35.9 Å². The van der Waals surface area contributed by atoms with Crippen LogP contribution in [0, 0.1) is 11.3 Å². The third kappa shape index (κ3) is 3.69. The lowest BCUT2D eigenvalue weighted by molar-refractivity contribution is -0.236. The van der Waals surface area contributed by atoms with Gasteiger partial charge >= 0.3 is 0 Å². The third-order valence-corrected chi connectivity index (χ3v) is 9.66. The van der Waals surface area contributed by atoms with E-state index in [0.29, 0.717) is 30.8 Å².